The molecule has 2 unspecified atom stereocenters. The number of alkyl carbamates (subject to hydrolysis) is 1. The highest BCUT2D eigenvalue weighted by molar-refractivity contribution is 5.67. The van der Waals surface area contributed by atoms with Crippen molar-refractivity contribution in [3.05, 3.63) is 18.0 Å². The lowest BCUT2D eigenvalue weighted by Crippen LogP contribution is -2.38. The van der Waals surface area contributed by atoms with Crippen molar-refractivity contribution in [3.63, 3.8) is 0 Å². The molecule has 0 aliphatic carbocycles. The van der Waals surface area contributed by atoms with Crippen molar-refractivity contribution >= 4 is 6.09 Å². The number of rotatable bonds is 6. The van der Waals surface area contributed by atoms with Gasteiger partial charge in [-0.2, -0.15) is 5.10 Å². The van der Waals surface area contributed by atoms with E-state index >= 15 is 0 Å². The Morgan fingerprint density at radius 3 is 2.59 bits per heavy atom. The van der Waals surface area contributed by atoms with Gasteiger partial charge in [-0.3, -0.25) is 4.68 Å². The Bertz CT molecular complexity index is 479. The molecule has 0 aromatic carbocycles. The number of nitrogens with zero attached hydrogens (tertiary/aromatic N) is 2. The maximum atomic E-state index is 11.5. The first kappa shape index (κ1) is 18.4. The molecular formula is C15H27N3O4. The number of carbonyl (C=O) groups is 1. The van der Waals surface area contributed by atoms with Crippen molar-refractivity contribution in [1.29, 1.82) is 0 Å². The first-order chi connectivity index (χ1) is 10.1. The molecular weight excluding hydrogens is 286 g/mol. The number of carbonyl (C=O) groups excluding carboxylic acids is 1. The standard InChI is InChI=1S/C15H27N3O4/c1-10(2)8-18-9-11(6-17-18)13(20)12(19)7-16-14(21)22-15(3,4)5/h6,9-10,12-13,19-20H,7-8H2,1-5H3,(H,16,21). The molecule has 0 bridgehead atoms. The fourth-order valence-corrected chi connectivity index (χ4v) is 1.84. The van der Waals surface area contributed by atoms with E-state index in [0.717, 1.165) is 6.54 Å². The summed E-state index contributed by atoms with van der Waals surface area (Å²) in [6.07, 6.45) is 0.333. The smallest absolute Gasteiger partial charge is 0.407 e. The zero-order valence-electron chi connectivity index (χ0n) is 13.9. The second-order valence-corrected chi connectivity index (χ2v) is 6.78. The third kappa shape index (κ3) is 6.44. The van der Waals surface area contributed by atoms with Crippen LogP contribution >= 0.6 is 0 Å². The summed E-state index contributed by atoms with van der Waals surface area (Å²) < 4.78 is 6.78. The molecule has 1 amide bonds. The van der Waals surface area contributed by atoms with Gasteiger partial charge in [-0.15, -0.1) is 0 Å². The number of hydrogen-bond donors (Lipinski definition) is 3. The van der Waals surface area contributed by atoms with Crippen molar-refractivity contribution in [2.45, 2.75) is 59.0 Å². The maximum absolute atomic E-state index is 11.5. The molecule has 22 heavy (non-hydrogen) atoms. The summed E-state index contributed by atoms with van der Waals surface area (Å²) in [7, 11) is 0. The lowest BCUT2D eigenvalue weighted by Gasteiger charge is -2.21. The van der Waals surface area contributed by atoms with Crippen LogP contribution in [0.15, 0.2) is 12.4 Å². The van der Waals surface area contributed by atoms with E-state index in [9.17, 15) is 15.0 Å². The lowest BCUT2D eigenvalue weighted by atomic mass is 10.1. The Balaban J connectivity index is 2.49. The van der Waals surface area contributed by atoms with Gasteiger partial charge in [0.05, 0.1) is 6.20 Å². The second kappa shape index (κ2) is 7.60. The summed E-state index contributed by atoms with van der Waals surface area (Å²) in [5.41, 5.74) is -0.0924. The topological polar surface area (TPSA) is 96.6 Å². The van der Waals surface area contributed by atoms with Gasteiger partial charge in [0.2, 0.25) is 0 Å². The first-order valence-corrected chi connectivity index (χ1v) is 7.44. The average Bonchev–Trinajstić information content (AvgIpc) is 2.80. The van der Waals surface area contributed by atoms with Crippen LogP contribution in [-0.4, -0.2) is 44.3 Å². The molecule has 0 aliphatic rings. The number of ether oxygens (including phenoxy) is 1. The molecule has 1 aromatic heterocycles. The van der Waals surface area contributed by atoms with Crippen LogP contribution in [0.1, 0.15) is 46.3 Å². The second-order valence-electron chi connectivity index (χ2n) is 6.78. The van der Waals surface area contributed by atoms with E-state index in [1.165, 1.54) is 6.20 Å². The Hall–Kier alpha value is -1.60. The van der Waals surface area contributed by atoms with Crippen LogP contribution in [0, 0.1) is 5.92 Å². The van der Waals surface area contributed by atoms with Crippen LogP contribution in [0.25, 0.3) is 0 Å². The molecule has 126 valence electrons. The van der Waals surface area contributed by atoms with Gasteiger partial charge in [0.1, 0.15) is 17.8 Å². The van der Waals surface area contributed by atoms with Crippen molar-refractivity contribution in [2.24, 2.45) is 5.92 Å². The Morgan fingerprint density at radius 2 is 2.05 bits per heavy atom. The molecule has 3 N–H and O–H groups in total. The van der Waals surface area contributed by atoms with E-state index in [-0.39, 0.29) is 6.54 Å². The predicted molar refractivity (Wildman–Crippen MR) is 82.3 cm³/mol. The van der Waals surface area contributed by atoms with E-state index in [0.29, 0.717) is 11.5 Å². The highest BCUT2D eigenvalue weighted by atomic mass is 16.6. The largest absolute Gasteiger partial charge is 0.444 e. The summed E-state index contributed by atoms with van der Waals surface area (Å²) in [5.74, 6) is 0.434. The summed E-state index contributed by atoms with van der Waals surface area (Å²) >= 11 is 0. The van der Waals surface area contributed by atoms with Gasteiger partial charge in [-0.25, -0.2) is 4.79 Å². The zero-order valence-corrected chi connectivity index (χ0v) is 13.9. The number of aromatic nitrogens is 2. The Morgan fingerprint density at radius 1 is 1.41 bits per heavy atom. The molecule has 1 aromatic rings. The van der Waals surface area contributed by atoms with E-state index < -0.39 is 23.9 Å². The van der Waals surface area contributed by atoms with E-state index in [2.05, 4.69) is 24.3 Å². The molecule has 0 saturated carbocycles. The maximum Gasteiger partial charge on any atom is 0.407 e. The van der Waals surface area contributed by atoms with Crippen molar-refractivity contribution in [3.8, 4) is 0 Å². The van der Waals surface area contributed by atoms with Crippen LogP contribution in [-0.2, 0) is 11.3 Å². The van der Waals surface area contributed by atoms with Crippen LogP contribution in [0.4, 0.5) is 4.79 Å². The van der Waals surface area contributed by atoms with Crippen LogP contribution < -0.4 is 5.32 Å². The van der Waals surface area contributed by atoms with Gasteiger partial charge in [-0.1, -0.05) is 13.8 Å². The quantitative estimate of drug-likeness (QED) is 0.739. The molecule has 1 heterocycles. The fraction of sp³-hybridized carbons (Fsp3) is 0.733. The van der Waals surface area contributed by atoms with Gasteiger partial charge >= 0.3 is 6.09 Å². The van der Waals surface area contributed by atoms with E-state index in [1.807, 2.05) is 0 Å². The van der Waals surface area contributed by atoms with E-state index in [4.69, 9.17) is 4.74 Å². The average molecular weight is 313 g/mol. The monoisotopic (exact) mass is 313 g/mol. The molecule has 0 radical (unpaired) electrons. The third-order valence-corrected chi connectivity index (χ3v) is 2.77. The molecule has 1 rings (SSSR count). The SMILES string of the molecule is CC(C)Cn1cc(C(O)C(O)CNC(=O)OC(C)(C)C)cn1. The molecule has 0 fully saturated rings. The number of aliphatic hydroxyl groups is 2. The third-order valence-electron chi connectivity index (χ3n) is 2.77. The van der Waals surface area contributed by atoms with Gasteiger partial charge in [0, 0.05) is 24.8 Å². The summed E-state index contributed by atoms with van der Waals surface area (Å²) in [4.78, 5) is 11.5. The minimum atomic E-state index is -1.13. The minimum Gasteiger partial charge on any atom is -0.444 e. The predicted octanol–water partition coefficient (Wildman–Crippen LogP) is 1.46. The minimum absolute atomic E-state index is 0.106. The number of amides is 1. The van der Waals surface area contributed by atoms with Crippen molar-refractivity contribution in [2.75, 3.05) is 6.54 Å². The van der Waals surface area contributed by atoms with E-state index in [1.54, 1.807) is 31.6 Å². The molecule has 7 heteroatoms. The van der Waals surface area contributed by atoms with Crippen LogP contribution in [0.3, 0.4) is 0 Å². The Labute approximate surface area is 131 Å². The fourth-order valence-electron chi connectivity index (χ4n) is 1.84. The van der Waals surface area contributed by atoms with Crippen molar-refractivity contribution in [1.82, 2.24) is 15.1 Å². The van der Waals surface area contributed by atoms with Gasteiger partial charge < -0.3 is 20.3 Å². The Kier molecular flexibility index (Phi) is 6.37. The summed E-state index contributed by atoms with van der Waals surface area (Å²) in [6.45, 7) is 10.0. The van der Waals surface area contributed by atoms with Crippen LogP contribution in [0.5, 0.6) is 0 Å². The molecule has 2 atom stereocenters. The molecule has 7 nitrogen and oxygen atoms in total. The van der Waals surface area contributed by atoms with Gasteiger partial charge in [0.25, 0.3) is 0 Å². The number of nitrogens with one attached hydrogen (secondary N) is 1. The highest BCUT2D eigenvalue weighted by Gasteiger charge is 2.22. The zero-order chi connectivity index (χ0) is 16.9. The van der Waals surface area contributed by atoms with Crippen LogP contribution in [0.2, 0.25) is 0 Å². The summed E-state index contributed by atoms with van der Waals surface area (Å²) in [6, 6.07) is 0. The highest BCUT2D eigenvalue weighted by Crippen LogP contribution is 2.16. The lowest BCUT2D eigenvalue weighted by molar-refractivity contribution is 0.0129. The summed E-state index contributed by atoms with van der Waals surface area (Å²) in [5, 5.41) is 26.6. The molecule has 0 saturated heterocycles. The van der Waals surface area contributed by atoms with Gasteiger partial charge in [0.15, 0.2) is 0 Å². The normalized spacial score (nSPS) is 14.7. The first-order valence-electron chi connectivity index (χ1n) is 7.44. The molecule has 0 spiro atoms. The number of aliphatic hydroxyl groups excluding tert-OH is 2. The number of hydrogen-bond acceptors (Lipinski definition) is 5. The van der Waals surface area contributed by atoms with Crippen molar-refractivity contribution < 1.29 is 19.7 Å². The molecule has 0 aliphatic heterocycles. The van der Waals surface area contributed by atoms with Gasteiger partial charge in [-0.05, 0) is 26.7 Å².